The van der Waals surface area contributed by atoms with Gasteiger partial charge in [-0.25, -0.2) is 4.79 Å². The molecule has 1 unspecified atom stereocenters. The molecule has 0 aliphatic carbocycles. The van der Waals surface area contributed by atoms with Gasteiger partial charge >= 0.3 is 6.09 Å². The molecule has 0 bridgehead atoms. The van der Waals surface area contributed by atoms with Crippen molar-refractivity contribution in [3.8, 4) is 5.75 Å². The van der Waals surface area contributed by atoms with Crippen molar-refractivity contribution in [1.82, 2.24) is 14.8 Å². The standard InChI is InChI=1S/C28H37N3O3/c1-28(2,3)34-27(32)31-16-8-11-23(21-31)19-29-15-18-33-26-13-7-12-25-24(26)14-17-30(25)20-22-9-5-4-6-10-22/h4-7,9-10,12-14,17,23,29H,8,11,15-16,18-21H2,1-3H3. The second kappa shape index (κ2) is 11.0. The minimum absolute atomic E-state index is 0.201. The van der Waals surface area contributed by atoms with E-state index < -0.39 is 5.60 Å². The van der Waals surface area contributed by atoms with Crippen molar-refractivity contribution in [2.24, 2.45) is 5.92 Å². The van der Waals surface area contributed by atoms with E-state index in [-0.39, 0.29) is 6.09 Å². The smallest absolute Gasteiger partial charge is 0.410 e. The molecule has 1 aliphatic heterocycles. The van der Waals surface area contributed by atoms with Crippen LogP contribution >= 0.6 is 0 Å². The molecule has 1 aliphatic rings. The van der Waals surface area contributed by atoms with Crippen LogP contribution in [0.1, 0.15) is 39.2 Å². The zero-order valence-corrected chi connectivity index (χ0v) is 20.6. The third-order valence-electron chi connectivity index (χ3n) is 6.11. The van der Waals surface area contributed by atoms with Crippen molar-refractivity contribution in [1.29, 1.82) is 0 Å². The molecular formula is C28H37N3O3. The number of carbonyl (C=O) groups is 1. The molecule has 34 heavy (non-hydrogen) atoms. The van der Waals surface area contributed by atoms with E-state index >= 15 is 0 Å². The SMILES string of the molecule is CC(C)(C)OC(=O)N1CCCC(CNCCOc2cccc3c2ccn3Cc2ccccc2)C1. The molecule has 1 saturated heterocycles. The maximum absolute atomic E-state index is 12.4. The Kier molecular flexibility index (Phi) is 7.78. The predicted molar refractivity (Wildman–Crippen MR) is 136 cm³/mol. The highest BCUT2D eigenvalue weighted by atomic mass is 16.6. The van der Waals surface area contributed by atoms with E-state index in [0.29, 0.717) is 12.5 Å². The van der Waals surface area contributed by atoms with E-state index in [0.717, 1.165) is 56.7 Å². The zero-order chi connectivity index (χ0) is 24.0. The fraction of sp³-hybridized carbons (Fsp3) is 0.464. The van der Waals surface area contributed by atoms with Gasteiger partial charge in [0.2, 0.25) is 0 Å². The molecule has 4 rings (SSSR count). The molecule has 1 N–H and O–H groups in total. The van der Waals surface area contributed by atoms with Crippen LogP contribution in [0.4, 0.5) is 4.79 Å². The first-order valence-electron chi connectivity index (χ1n) is 12.3. The highest BCUT2D eigenvalue weighted by Crippen LogP contribution is 2.27. The number of likely N-dealkylation sites (tertiary alicyclic amines) is 1. The summed E-state index contributed by atoms with van der Waals surface area (Å²) in [6, 6.07) is 18.9. The predicted octanol–water partition coefficient (Wildman–Crippen LogP) is 5.31. The van der Waals surface area contributed by atoms with Gasteiger partial charge in [-0.3, -0.25) is 0 Å². The number of hydrogen-bond acceptors (Lipinski definition) is 4. The Hall–Kier alpha value is -2.99. The molecule has 1 aromatic heterocycles. The molecule has 0 saturated carbocycles. The molecule has 182 valence electrons. The number of rotatable bonds is 8. The highest BCUT2D eigenvalue weighted by molar-refractivity contribution is 5.86. The Morgan fingerprint density at radius 2 is 1.91 bits per heavy atom. The lowest BCUT2D eigenvalue weighted by Gasteiger charge is -2.34. The van der Waals surface area contributed by atoms with Crippen molar-refractivity contribution < 1.29 is 14.3 Å². The second-order valence-electron chi connectivity index (χ2n) is 10.1. The van der Waals surface area contributed by atoms with Crippen LogP contribution in [0, 0.1) is 5.92 Å². The number of benzene rings is 2. The summed E-state index contributed by atoms with van der Waals surface area (Å²) in [5, 5.41) is 4.65. The minimum Gasteiger partial charge on any atom is -0.492 e. The Labute approximate surface area is 202 Å². The summed E-state index contributed by atoms with van der Waals surface area (Å²) in [5.41, 5.74) is 2.01. The summed E-state index contributed by atoms with van der Waals surface area (Å²) in [4.78, 5) is 14.2. The molecule has 1 fully saturated rings. The van der Waals surface area contributed by atoms with Gasteiger partial charge in [0, 0.05) is 37.8 Å². The van der Waals surface area contributed by atoms with Crippen LogP contribution in [0.2, 0.25) is 0 Å². The molecule has 2 aromatic carbocycles. The lowest BCUT2D eigenvalue weighted by molar-refractivity contribution is 0.0166. The van der Waals surface area contributed by atoms with E-state index in [2.05, 4.69) is 58.5 Å². The number of piperidine rings is 1. The van der Waals surface area contributed by atoms with Gasteiger partial charge < -0.3 is 24.3 Å². The third kappa shape index (κ3) is 6.54. The molecule has 6 nitrogen and oxygen atoms in total. The van der Waals surface area contributed by atoms with Crippen LogP contribution in [0.25, 0.3) is 10.9 Å². The van der Waals surface area contributed by atoms with Gasteiger partial charge in [0.15, 0.2) is 0 Å². The Morgan fingerprint density at radius 1 is 1.09 bits per heavy atom. The normalized spacial score (nSPS) is 16.6. The summed E-state index contributed by atoms with van der Waals surface area (Å²) in [7, 11) is 0. The molecular weight excluding hydrogens is 426 g/mol. The van der Waals surface area contributed by atoms with Crippen LogP contribution in [0.15, 0.2) is 60.8 Å². The van der Waals surface area contributed by atoms with Gasteiger partial charge in [0.25, 0.3) is 0 Å². The number of aromatic nitrogens is 1. The van der Waals surface area contributed by atoms with Gasteiger partial charge in [0.05, 0.1) is 5.52 Å². The molecule has 1 amide bonds. The van der Waals surface area contributed by atoms with Crippen LogP contribution in [-0.2, 0) is 11.3 Å². The Bertz CT molecular complexity index is 1070. The maximum atomic E-state index is 12.4. The number of hydrogen-bond donors (Lipinski definition) is 1. The van der Waals surface area contributed by atoms with Crippen molar-refractivity contribution in [2.45, 2.75) is 45.8 Å². The topological polar surface area (TPSA) is 55.7 Å². The molecule has 0 radical (unpaired) electrons. The van der Waals surface area contributed by atoms with Crippen molar-refractivity contribution >= 4 is 17.0 Å². The van der Waals surface area contributed by atoms with E-state index in [1.165, 1.54) is 11.1 Å². The van der Waals surface area contributed by atoms with E-state index in [1.54, 1.807) is 0 Å². The first-order chi connectivity index (χ1) is 16.4. The van der Waals surface area contributed by atoms with Gasteiger partial charge in [0.1, 0.15) is 18.0 Å². The van der Waals surface area contributed by atoms with Gasteiger partial charge in [-0.1, -0.05) is 36.4 Å². The quantitative estimate of drug-likeness (QED) is 0.460. The van der Waals surface area contributed by atoms with Crippen molar-refractivity contribution in [3.63, 3.8) is 0 Å². The van der Waals surface area contributed by atoms with E-state index in [9.17, 15) is 4.79 Å². The molecule has 1 atom stereocenters. The van der Waals surface area contributed by atoms with Crippen molar-refractivity contribution in [2.75, 3.05) is 32.8 Å². The highest BCUT2D eigenvalue weighted by Gasteiger charge is 2.27. The zero-order valence-electron chi connectivity index (χ0n) is 20.6. The average Bonchev–Trinajstić information content (AvgIpc) is 3.22. The second-order valence-corrected chi connectivity index (χ2v) is 10.1. The first kappa shape index (κ1) is 24.1. The molecule has 3 aromatic rings. The lowest BCUT2D eigenvalue weighted by Crippen LogP contribution is -2.45. The Morgan fingerprint density at radius 3 is 2.71 bits per heavy atom. The van der Waals surface area contributed by atoms with Crippen LogP contribution in [-0.4, -0.2) is 53.9 Å². The van der Waals surface area contributed by atoms with Crippen LogP contribution in [0.5, 0.6) is 5.75 Å². The average molecular weight is 464 g/mol. The largest absolute Gasteiger partial charge is 0.492 e. The first-order valence-corrected chi connectivity index (χ1v) is 12.3. The summed E-state index contributed by atoms with van der Waals surface area (Å²) >= 11 is 0. The number of amides is 1. The number of ether oxygens (including phenoxy) is 2. The number of carbonyl (C=O) groups excluding carboxylic acids is 1. The maximum Gasteiger partial charge on any atom is 0.410 e. The molecule has 0 spiro atoms. The number of fused-ring (bicyclic) bond motifs is 1. The van der Waals surface area contributed by atoms with Crippen LogP contribution in [0.3, 0.4) is 0 Å². The minimum atomic E-state index is -0.453. The Balaban J connectivity index is 1.23. The fourth-order valence-electron chi connectivity index (χ4n) is 4.50. The summed E-state index contributed by atoms with van der Waals surface area (Å²) in [6.07, 6.45) is 4.07. The fourth-order valence-corrected chi connectivity index (χ4v) is 4.50. The third-order valence-corrected chi connectivity index (χ3v) is 6.11. The number of nitrogens with zero attached hydrogens (tertiary/aromatic N) is 2. The number of nitrogens with one attached hydrogen (secondary N) is 1. The monoisotopic (exact) mass is 463 g/mol. The van der Waals surface area contributed by atoms with E-state index in [1.807, 2.05) is 37.8 Å². The summed E-state index contributed by atoms with van der Waals surface area (Å²) < 4.78 is 13.9. The summed E-state index contributed by atoms with van der Waals surface area (Å²) in [6.45, 7) is 10.3. The van der Waals surface area contributed by atoms with Crippen molar-refractivity contribution in [3.05, 3.63) is 66.4 Å². The molecule has 6 heteroatoms. The van der Waals surface area contributed by atoms with Gasteiger partial charge in [-0.2, -0.15) is 0 Å². The summed E-state index contributed by atoms with van der Waals surface area (Å²) in [5.74, 6) is 1.36. The van der Waals surface area contributed by atoms with E-state index in [4.69, 9.17) is 9.47 Å². The van der Waals surface area contributed by atoms with Gasteiger partial charge in [-0.15, -0.1) is 0 Å². The molecule has 2 heterocycles. The van der Waals surface area contributed by atoms with Gasteiger partial charge in [-0.05, 0) is 69.8 Å². The lowest BCUT2D eigenvalue weighted by atomic mass is 9.98. The van der Waals surface area contributed by atoms with Crippen LogP contribution < -0.4 is 10.1 Å².